The highest BCUT2D eigenvalue weighted by molar-refractivity contribution is 6.02. The minimum absolute atomic E-state index is 0.274. The van der Waals surface area contributed by atoms with Crippen molar-refractivity contribution < 1.29 is 23.4 Å². The van der Waals surface area contributed by atoms with Crippen molar-refractivity contribution in [2.24, 2.45) is 0 Å². The maximum Gasteiger partial charge on any atom is 0.248 e. The van der Waals surface area contributed by atoms with E-state index in [1.807, 2.05) is 30.3 Å². The molecule has 0 atom stereocenters. The molecule has 0 fully saturated rings. The van der Waals surface area contributed by atoms with E-state index in [2.05, 4.69) is 10.3 Å². The Morgan fingerprint density at radius 1 is 0.906 bits per heavy atom. The maximum atomic E-state index is 12.4. The van der Waals surface area contributed by atoms with Gasteiger partial charge in [0.1, 0.15) is 11.3 Å². The number of amides is 1. The van der Waals surface area contributed by atoms with Gasteiger partial charge in [-0.05, 0) is 48.0 Å². The van der Waals surface area contributed by atoms with Crippen LogP contribution in [0.5, 0.6) is 17.2 Å². The highest BCUT2D eigenvalue weighted by Crippen LogP contribution is 2.32. The highest BCUT2D eigenvalue weighted by Gasteiger charge is 2.13. The second-order valence-electron chi connectivity index (χ2n) is 6.84. The zero-order valence-electron chi connectivity index (χ0n) is 17.9. The van der Waals surface area contributed by atoms with Crippen LogP contribution in [0.1, 0.15) is 5.56 Å². The summed E-state index contributed by atoms with van der Waals surface area (Å²) in [6, 6.07) is 18.2. The molecule has 4 rings (SSSR count). The van der Waals surface area contributed by atoms with Crippen LogP contribution in [-0.4, -0.2) is 32.2 Å². The van der Waals surface area contributed by atoms with Crippen LogP contribution in [0, 0.1) is 0 Å². The lowest BCUT2D eigenvalue weighted by Crippen LogP contribution is -2.07. The zero-order chi connectivity index (χ0) is 22.5. The molecule has 0 unspecified atom stereocenters. The summed E-state index contributed by atoms with van der Waals surface area (Å²) in [6.07, 6.45) is 3.15. The third kappa shape index (κ3) is 4.41. The molecule has 0 radical (unpaired) electrons. The Labute approximate surface area is 185 Å². The Morgan fingerprint density at radius 3 is 2.47 bits per heavy atom. The SMILES string of the molecule is COc1ccc(/C=C/C(=O)Nc2ccc3nc(-c4ccccc4OC)oc3c2)cc1OC. The smallest absolute Gasteiger partial charge is 0.248 e. The quantitative estimate of drug-likeness (QED) is 0.407. The molecule has 7 nitrogen and oxygen atoms in total. The predicted octanol–water partition coefficient (Wildman–Crippen LogP) is 5.17. The summed E-state index contributed by atoms with van der Waals surface area (Å²) < 4.78 is 21.8. The normalized spacial score (nSPS) is 11.0. The maximum absolute atomic E-state index is 12.4. The molecule has 162 valence electrons. The summed E-state index contributed by atoms with van der Waals surface area (Å²) in [7, 11) is 4.74. The third-order valence-electron chi connectivity index (χ3n) is 4.83. The molecule has 7 heteroatoms. The lowest BCUT2D eigenvalue weighted by Gasteiger charge is -2.07. The third-order valence-corrected chi connectivity index (χ3v) is 4.83. The number of fused-ring (bicyclic) bond motifs is 1. The van der Waals surface area contributed by atoms with Crippen molar-refractivity contribution in [2.75, 3.05) is 26.6 Å². The van der Waals surface area contributed by atoms with E-state index in [0.717, 1.165) is 11.1 Å². The molecular weight excluding hydrogens is 408 g/mol. The number of rotatable bonds is 7. The Bertz CT molecular complexity index is 1290. The van der Waals surface area contributed by atoms with Crippen LogP contribution in [0.2, 0.25) is 0 Å². The molecule has 1 heterocycles. The van der Waals surface area contributed by atoms with Crippen LogP contribution in [0.4, 0.5) is 5.69 Å². The van der Waals surface area contributed by atoms with Gasteiger partial charge in [0.15, 0.2) is 17.1 Å². The number of nitrogens with zero attached hydrogens (tertiary/aromatic N) is 1. The summed E-state index contributed by atoms with van der Waals surface area (Å²) >= 11 is 0. The molecule has 4 aromatic rings. The summed E-state index contributed by atoms with van der Waals surface area (Å²) in [5, 5.41) is 2.83. The van der Waals surface area contributed by atoms with Gasteiger partial charge < -0.3 is 23.9 Å². The number of hydrogen-bond donors (Lipinski definition) is 1. The average Bonchev–Trinajstić information content (AvgIpc) is 3.25. The summed E-state index contributed by atoms with van der Waals surface area (Å²) in [5.41, 5.74) is 3.42. The minimum atomic E-state index is -0.274. The molecule has 0 aliphatic carbocycles. The first-order chi connectivity index (χ1) is 15.6. The first-order valence-electron chi connectivity index (χ1n) is 9.86. The Morgan fingerprint density at radius 2 is 1.69 bits per heavy atom. The van der Waals surface area contributed by atoms with Crippen molar-refractivity contribution in [2.45, 2.75) is 0 Å². The lowest BCUT2D eigenvalue weighted by molar-refractivity contribution is -0.111. The lowest BCUT2D eigenvalue weighted by atomic mass is 10.2. The van der Waals surface area contributed by atoms with E-state index in [0.29, 0.717) is 39.9 Å². The van der Waals surface area contributed by atoms with Crippen LogP contribution in [-0.2, 0) is 4.79 Å². The van der Waals surface area contributed by atoms with Crippen molar-refractivity contribution in [1.29, 1.82) is 0 Å². The van der Waals surface area contributed by atoms with Crippen molar-refractivity contribution in [3.05, 3.63) is 72.3 Å². The van der Waals surface area contributed by atoms with E-state index in [9.17, 15) is 4.79 Å². The number of oxazole rings is 1. The number of ether oxygens (including phenoxy) is 3. The van der Waals surface area contributed by atoms with Crippen LogP contribution in [0.3, 0.4) is 0 Å². The molecule has 1 amide bonds. The predicted molar refractivity (Wildman–Crippen MR) is 123 cm³/mol. The Hall–Kier alpha value is -4.26. The van der Waals surface area contributed by atoms with E-state index in [4.69, 9.17) is 18.6 Å². The molecule has 32 heavy (non-hydrogen) atoms. The van der Waals surface area contributed by atoms with E-state index in [1.54, 1.807) is 57.7 Å². The van der Waals surface area contributed by atoms with Crippen molar-refractivity contribution >= 4 is 28.8 Å². The summed E-state index contributed by atoms with van der Waals surface area (Å²) in [4.78, 5) is 16.9. The van der Waals surface area contributed by atoms with E-state index in [-0.39, 0.29) is 5.91 Å². The van der Waals surface area contributed by atoms with Crippen molar-refractivity contribution in [1.82, 2.24) is 4.98 Å². The van der Waals surface area contributed by atoms with Gasteiger partial charge in [0.25, 0.3) is 0 Å². The van der Waals surface area contributed by atoms with Gasteiger partial charge in [-0.25, -0.2) is 4.98 Å². The van der Waals surface area contributed by atoms with E-state index in [1.165, 1.54) is 6.08 Å². The van der Waals surface area contributed by atoms with Crippen LogP contribution in [0.15, 0.2) is 71.2 Å². The summed E-state index contributed by atoms with van der Waals surface area (Å²) in [6.45, 7) is 0. The number of anilines is 1. The van der Waals surface area contributed by atoms with Gasteiger partial charge in [-0.1, -0.05) is 18.2 Å². The van der Waals surface area contributed by atoms with Gasteiger partial charge in [0, 0.05) is 17.8 Å². The van der Waals surface area contributed by atoms with Gasteiger partial charge in [0.05, 0.1) is 26.9 Å². The number of nitrogens with one attached hydrogen (secondary N) is 1. The fraction of sp³-hybridized carbons (Fsp3) is 0.120. The summed E-state index contributed by atoms with van der Waals surface area (Å²) in [5.74, 6) is 2.07. The molecule has 0 saturated carbocycles. The van der Waals surface area contributed by atoms with Crippen LogP contribution in [0.25, 0.3) is 28.6 Å². The van der Waals surface area contributed by atoms with Crippen molar-refractivity contribution in [3.8, 4) is 28.7 Å². The van der Waals surface area contributed by atoms with Gasteiger partial charge >= 0.3 is 0 Å². The van der Waals surface area contributed by atoms with Crippen LogP contribution >= 0.6 is 0 Å². The van der Waals surface area contributed by atoms with Gasteiger partial charge in [0.2, 0.25) is 11.8 Å². The fourth-order valence-electron chi connectivity index (χ4n) is 3.25. The van der Waals surface area contributed by atoms with E-state index >= 15 is 0 Å². The standard InChI is InChI=1S/C25H22N2O5/c1-29-20-7-5-4-6-18(20)25-27-19-11-10-17(15-22(19)32-25)26-24(28)13-9-16-8-12-21(30-2)23(14-16)31-3/h4-15H,1-3H3,(H,26,28)/b13-9+. The average molecular weight is 430 g/mol. The Balaban J connectivity index is 1.50. The number of hydrogen-bond acceptors (Lipinski definition) is 6. The van der Waals surface area contributed by atoms with E-state index < -0.39 is 0 Å². The first kappa shape index (κ1) is 21.0. The van der Waals surface area contributed by atoms with Gasteiger partial charge in [-0.3, -0.25) is 4.79 Å². The molecule has 0 bridgehead atoms. The molecule has 1 aromatic heterocycles. The highest BCUT2D eigenvalue weighted by atomic mass is 16.5. The molecule has 3 aromatic carbocycles. The number of para-hydroxylation sites is 1. The largest absolute Gasteiger partial charge is 0.496 e. The number of benzene rings is 3. The molecule has 1 N–H and O–H groups in total. The monoisotopic (exact) mass is 430 g/mol. The second kappa shape index (κ2) is 9.26. The van der Waals surface area contributed by atoms with Crippen molar-refractivity contribution in [3.63, 3.8) is 0 Å². The minimum Gasteiger partial charge on any atom is -0.496 e. The van der Waals surface area contributed by atoms with Gasteiger partial charge in [-0.2, -0.15) is 0 Å². The fourth-order valence-corrected chi connectivity index (χ4v) is 3.25. The molecule has 0 saturated heterocycles. The Kier molecular flexibility index (Phi) is 6.07. The van der Waals surface area contributed by atoms with Gasteiger partial charge in [-0.15, -0.1) is 0 Å². The number of carbonyl (C=O) groups excluding carboxylic acids is 1. The molecular formula is C25H22N2O5. The first-order valence-corrected chi connectivity index (χ1v) is 9.86. The second-order valence-corrected chi connectivity index (χ2v) is 6.84. The molecule has 0 spiro atoms. The molecule has 0 aliphatic heterocycles. The number of aromatic nitrogens is 1. The topological polar surface area (TPSA) is 82.8 Å². The number of methoxy groups -OCH3 is 3. The molecule has 0 aliphatic rings. The zero-order valence-corrected chi connectivity index (χ0v) is 17.9. The number of carbonyl (C=O) groups is 1. The van der Waals surface area contributed by atoms with Crippen LogP contribution < -0.4 is 19.5 Å².